The molecule has 0 aliphatic carbocycles. The van der Waals surface area contributed by atoms with Crippen LogP contribution in [0.1, 0.15) is 17.7 Å². The smallest absolute Gasteiger partial charge is 0.146 e. The summed E-state index contributed by atoms with van der Waals surface area (Å²) in [4.78, 5) is 0. The summed E-state index contributed by atoms with van der Waals surface area (Å²) in [5, 5.41) is -0.541. The summed E-state index contributed by atoms with van der Waals surface area (Å²) >= 11 is 0. The molecule has 4 heteroatoms. The lowest BCUT2D eigenvalue weighted by atomic mass is 10.2. The van der Waals surface area contributed by atoms with Crippen LogP contribution in [0.2, 0.25) is 0 Å². The molecule has 1 atom stereocenters. The van der Waals surface area contributed by atoms with Crippen LogP contribution in [-0.2, 0) is 10.7 Å². The van der Waals surface area contributed by atoms with E-state index in [0.29, 0.717) is 5.56 Å². The van der Waals surface area contributed by atoms with Gasteiger partial charge in [-0.05, 0) is 24.6 Å². The van der Waals surface area contributed by atoms with Gasteiger partial charge in [0.15, 0.2) is 0 Å². The summed E-state index contributed by atoms with van der Waals surface area (Å²) in [6, 6.07) is 5.46. The quantitative estimate of drug-likeness (QED) is 0.713. The molecule has 0 fully saturated rings. The normalized spacial score (nSPS) is 13.2. The van der Waals surface area contributed by atoms with Crippen molar-refractivity contribution < 1.29 is 12.8 Å². The third-order valence-corrected chi connectivity index (χ3v) is 2.60. The third kappa shape index (κ3) is 2.04. The Hall–Kier alpha value is -0.900. The zero-order chi connectivity index (χ0) is 9.14. The first-order chi connectivity index (χ1) is 5.61. The fraction of sp³-hybridized carbons (Fsp3) is 0.250. The molecule has 1 aromatic rings. The lowest BCUT2D eigenvalue weighted by Crippen LogP contribution is -1.94. The van der Waals surface area contributed by atoms with Gasteiger partial charge in [-0.3, -0.25) is 0 Å². The molecular weight excluding hydrogens is 179 g/mol. The number of hydrogen-bond acceptors (Lipinski definition) is 2. The fourth-order valence-corrected chi connectivity index (χ4v) is 1.28. The first-order valence-corrected chi connectivity index (χ1v) is 4.75. The van der Waals surface area contributed by atoms with E-state index in [4.69, 9.17) is 0 Å². The van der Waals surface area contributed by atoms with Crippen molar-refractivity contribution in [2.24, 2.45) is 0 Å². The molecule has 1 rings (SSSR count). The molecule has 66 valence electrons. The van der Waals surface area contributed by atoms with Gasteiger partial charge in [-0.15, -0.1) is 0 Å². The van der Waals surface area contributed by atoms with Crippen LogP contribution in [0.3, 0.4) is 0 Å². The minimum absolute atomic E-state index is 0.355. The Bertz CT molecular complexity index is 321. The van der Waals surface area contributed by atoms with Gasteiger partial charge in [0, 0.05) is 0 Å². The number of thiol groups is 1. The molecule has 0 radical (unpaired) electrons. The summed E-state index contributed by atoms with van der Waals surface area (Å²) in [5.41, 5.74) is 0.618. The van der Waals surface area contributed by atoms with Crippen molar-refractivity contribution in [3.63, 3.8) is 0 Å². The Balaban J connectivity index is 2.97. The maximum Gasteiger partial charge on any atom is 0.146 e. The second-order valence-electron chi connectivity index (χ2n) is 2.51. The molecule has 0 aliphatic heterocycles. The van der Waals surface area contributed by atoms with Crippen molar-refractivity contribution >= 4 is 10.7 Å². The SMILES string of the molecule is CC(c1ccc(F)cc1)[SH](=O)=O. The van der Waals surface area contributed by atoms with Gasteiger partial charge in [-0.2, -0.15) is 0 Å². The van der Waals surface area contributed by atoms with Crippen LogP contribution in [0.5, 0.6) is 0 Å². The van der Waals surface area contributed by atoms with E-state index in [1.807, 2.05) is 0 Å². The van der Waals surface area contributed by atoms with Gasteiger partial charge in [-0.1, -0.05) is 12.1 Å². The molecule has 0 amide bonds. The van der Waals surface area contributed by atoms with E-state index in [0.717, 1.165) is 0 Å². The van der Waals surface area contributed by atoms with Crippen molar-refractivity contribution in [2.45, 2.75) is 12.2 Å². The molecule has 0 aromatic heterocycles. The topological polar surface area (TPSA) is 34.1 Å². The minimum Gasteiger partial charge on any atom is -0.231 e. The molecule has 1 unspecified atom stereocenters. The molecule has 0 N–H and O–H groups in total. The van der Waals surface area contributed by atoms with Gasteiger partial charge >= 0.3 is 0 Å². The fourth-order valence-electron chi connectivity index (χ4n) is 0.863. The molecular formula is C8H9FO2S. The van der Waals surface area contributed by atoms with Crippen LogP contribution in [-0.4, -0.2) is 8.42 Å². The lowest BCUT2D eigenvalue weighted by molar-refractivity contribution is 0.604. The van der Waals surface area contributed by atoms with Gasteiger partial charge in [-0.25, -0.2) is 12.8 Å². The molecule has 12 heavy (non-hydrogen) atoms. The summed E-state index contributed by atoms with van der Waals surface area (Å²) in [6.07, 6.45) is 0. The van der Waals surface area contributed by atoms with Gasteiger partial charge in [0.25, 0.3) is 0 Å². The van der Waals surface area contributed by atoms with Gasteiger partial charge < -0.3 is 0 Å². The highest BCUT2D eigenvalue weighted by molar-refractivity contribution is 7.72. The molecule has 2 nitrogen and oxygen atoms in total. The first kappa shape index (κ1) is 9.19. The van der Waals surface area contributed by atoms with E-state index in [1.54, 1.807) is 6.92 Å². The van der Waals surface area contributed by atoms with E-state index in [2.05, 4.69) is 0 Å². The Morgan fingerprint density at radius 3 is 2.17 bits per heavy atom. The van der Waals surface area contributed by atoms with Crippen molar-refractivity contribution in [1.82, 2.24) is 0 Å². The molecule has 0 saturated carbocycles. The Morgan fingerprint density at radius 2 is 1.75 bits per heavy atom. The van der Waals surface area contributed by atoms with Crippen molar-refractivity contribution in [3.8, 4) is 0 Å². The van der Waals surface area contributed by atoms with Gasteiger partial charge in [0.2, 0.25) is 0 Å². The number of hydrogen-bond donors (Lipinski definition) is 1. The van der Waals surface area contributed by atoms with E-state index in [9.17, 15) is 12.8 Å². The molecule has 0 aliphatic rings. The highest BCUT2D eigenvalue weighted by Crippen LogP contribution is 2.15. The average Bonchev–Trinajstić information content (AvgIpc) is 2.04. The maximum absolute atomic E-state index is 12.4. The number of halogens is 1. The van der Waals surface area contributed by atoms with E-state index >= 15 is 0 Å². The monoisotopic (exact) mass is 188 g/mol. The highest BCUT2D eigenvalue weighted by atomic mass is 32.2. The number of benzene rings is 1. The lowest BCUT2D eigenvalue weighted by Gasteiger charge is -2.02. The summed E-state index contributed by atoms with van der Waals surface area (Å²) < 4.78 is 33.5. The van der Waals surface area contributed by atoms with Crippen LogP contribution < -0.4 is 0 Å². The van der Waals surface area contributed by atoms with E-state index < -0.39 is 16.0 Å². The third-order valence-electron chi connectivity index (χ3n) is 1.67. The van der Waals surface area contributed by atoms with E-state index in [-0.39, 0.29) is 5.82 Å². The molecule has 0 bridgehead atoms. The summed E-state index contributed by atoms with van der Waals surface area (Å²) in [5.74, 6) is -0.355. The van der Waals surface area contributed by atoms with Crippen LogP contribution in [0.25, 0.3) is 0 Å². The summed E-state index contributed by atoms with van der Waals surface area (Å²) in [6.45, 7) is 1.57. The molecule has 0 heterocycles. The van der Waals surface area contributed by atoms with Crippen LogP contribution in [0.4, 0.5) is 4.39 Å². The van der Waals surface area contributed by atoms with E-state index in [1.165, 1.54) is 24.3 Å². The van der Waals surface area contributed by atoms with Crippen molar-refractivity contribution in [3.05, 3.63) is 35.6 Å². The Morgan fingerprint density at radius 1 is 1.25 bits per heavy atom. The highest BCUT2D eigenvalue weighted by Gasteiger charge is 2.06. The predicted octanol–water partition coefficient (Wildman–Crippen LogP) is 1.50. The van der Waals surface area contributed by atoms with Crippen LogP contribution in [0.15, 0.2) is 24.3 Å². The van der Waals surface area contributed by atoms with Crippen molar-refractivity contribution in [2.75, 3.05) is 0 Å². The molecule has 1 aromatic carbocycles. The molecule has 0 saturated heterocycles. The Labute approximate surface area is 72.0 Å². The largest absolute Gasteiger partial charge is 0.231 e. The number of rotatable bonds is 2. The zero-order valence-corrected chi connectivity index (χ0v) is 7.42. The minimum atomic E-state index is -2.47. The standard InChI is InChI=1S/C8H9FO2S/c1-6(12(10)11)7-2-4-8(9)5-3-7/h2-6,12H,1H3. The summed E-state index contributed by atoms with van der Waals surface area (Å²) in [7, 11) is -2.47. The van der Waals surface area contributed by atoms with Crippen LogP contribution >= 0.6 is 0 Å². The van der Waals surface area contributed by atoms with Gasteiger partial charge in [0.05, 0.1) is 5.25 Å². The van der Waals surface area contributed by atoms with Crippen molar-refractivity contribution in [1.29, 1.82) is 0 Å². The second kappa shape index (κ2) is 3.67. The molecule has 0 spiro atoms. The van der Waals surface area contributed by atoms with Crippen LogP contribution in [0, 0.1) is 5.82 Å². The average molecular weight is 188 g/mol. The second-order valence-corrected chi connectivity index (χ2v) is 3.86. The van der Waals surface area contributed by atoms with Gasteiger partial charge in [0.1, 0.15) is 16.5 Å². The maximum atomic E-state index is 12.4. The Kier molecular flexibility index (Phi) is 2.81. The predicted molar refractivity (Wildman–Crippen MR) is 45.1 cm³/mol. The zero-order valence-electron chi connectivity index (χ0n) is 6.53. The first-order valence-electron chi connectivity index (χ1n) is 3.50.